The van der Waals surface area contributed by atoms with Crippen LogP contribution < -0.4 is 0 Å². The molecule has 0 aromatic carbocycles. The molecule has 0 bridgehead atoms. The van der Waals surface area contributed by atoms with Crippen LogP contribution in [-0.2, 0) is 14.2 Å². The van der Waals surface area contributed by atoms with Gasteiger partial charge in [0.15, 0.2) is 0 Å². The van der Waals surface area contributed by atoms with Gasteiger partial charge in [0, 0.05) is 5.92 Å². The topological polar surface area (TPSA) is 27.7 Å². The molecule has 29 heavy (non-hydrogen) atoms. The van der Waals surface area contributed by atoms with Crippen molar-refractivity contribution in [3.05, 3.63) is 0 Å². The number of hydrogen-bond acceptors (Lipinski definition) is 3. The highest BCUT2D eigenvalue weighted by molar-refractivity contribution is 4.73. The molecule has 1 unspecified atom stereocenters. The van der Waals surface area contributed by atoms with E-state index in [2.05, 4.69) is 34.6 Å². The van der Waals surface area contributed by atoms with E-state index in [1.54, 1.807) is 0 Å². The van der Waals surface area contributed by atoms with E-state index in [0.29, 0.717) is 5.92 Å². The molecule has 0 aromatic heterocycles. The number of unbranched alkanes of at least 4 members (excludes halogenated alkanes) is 9. The van der Waals surface area contributed by atoms with E-state index >= 15 is 0 Å². The maximum atomic E-state index is 6.47. The van der Waals surface area contributed by atoms with Crippen molar-refractivity contribution in [1.29, 1.82) is 0 Å². The third-order valence-corrected chi connectivity index (χ3v) is 5.72. The van der Waals surface area contributed by atoms with Crippen LogP contribution in [0.3, 0.4) is 0 Å². The minimum atomic E-state index is -0.835. The Kier molecular flexibility index (Phi) is 21.0. The Morgan fingerprint density at radius 3 is 1.28 bits per heavy atom. The van der Waals surface area contributed by atoms with Crippen molar-refractivity contribution in [2.45, 2.75) is 143 Å². The minimum Gasteiger partial charge on any atom is -0.327 e. The molecule has 0 saturated heterocycles. The lowest BCUT2D eigenvalue weighted by atomic mass is 9.92. The summed E-state index contributed by atoms with van der Waals surface area (Å²) in [4.78, 5) is 0. The van der Waals surface area contributed by atoms with Crippen molar-refractivity contribution in [3.63, 3.8) is 0 Å². The molecule has 0 N–H and O–H groups in total. The van der Waals surface area contributed by atoms with Gasteiger partial charge in [-0.3, -0.25) is 0 Å². The molecular formula is C26H54O3. The first-order chi connectivity index (χ1) is 14.2. The van der Waals surface area contributed by atoms with Crippen molar-refractivity contribution in [1.82, 2.24) is 0 Å². The van der Waals surface area contributed by atoms with E-state index in [4.69, 9.17) is 14.2 Å². The Labute approximate surface area is 183 Å². The average Bonchev–Trinajstić information content (AvgIpc) is 2.73. The van der Waals surface area contributed by atoms with Crippen LogP contribution in [-0.4, -0.2) is 25.8 Å². The molecule has 0 aliphatic heterocycles. The summed E-state index contributed by atoms with van der Waals surface area (Å²) in [7, 11) is 0. The van der Waals surface area contributed by atoms with Crippen molar-refractivity contribution in [2.75, 3.05) is 19.8 Å². The Bertz CT molecular complexity index is 293. The Balaban J connectivity index is 5.18. The van der Waals surface area contributed by atoms with E-state index in [0.717, 1.165) is 71.2 Å². The lowest BCUT2D eigenvalue weighted by Gasteiger charge is -2.40. The fourth-order valence-electron chi connectivity index (χ4n) is 3.67. The smallest absolute Gasteiger partial charge is 0.285 e. The number of rotatable bonds is 23. The maximum absolute atomic E-state index is 6.47. The molecule has 0 aliphatic carbocycles. The quantitative estimate of drug-likeness (QED) is 0.124. The van der Waals surface area contributed by atoms with Crippen LogP contribution in [0.5, 0.6) is 0 Å². The minimum absolute atomic E-state index is 0.333. The van der Waals surface area contributed by atoms with E-state index in [-0.39, 0.29) is 0 Å². The number of ether oxygens (including phenoxy) is 3. The van der Waals surface area contributed by atoms with Crippen molar-refractivity contribution >= 4 is 0 Å². The van der Waals surface area contributed by atoms with Gasteiger partial charge in [0.25, 0.3) is 5.97 Å². The second kappa shape index (κ2) is 21.1. The van der Waals surface area contributed by atoms with Gasteiger partial charge in [-0.25, -0.2) is 0 Å². The zero-order chi connectivity index (χ0) is 21.6. The van der Waals surface area contributed by atoms with Gasteiger partial charge in [0.2, 0.25) is 0 Å². The summed E-state index contributed by atoms with van der Waals surface area (Å²) in [6, 6.07) is 0. The largest absolute Gasteiger partial charge is 0.327 e. The van der Waals surface area contributed by atoms with Gasteiger partial charge >= 0.3 is 0 Å². The van der Waals surface area contributed by atoms with Crippen LogP contribution in [0.15, 0.2) is 0 Å². The summed E-state index contributed by atoms with van der Waals surface area (Å²) < 4.78 is 19.4. The van der Waals surface area contributed by atoms with Crippen LogP contribution >= 0.6 is 0 Å². The summed E-state index contributed by atoms with van der Waals surface area (Å²) in [5.41, 5.74) is 0. The second-order valence-corrected chi connectivity index (χ2v) is 8.61. The molecular weight excluding hydrogens is 360 g/mol. The number of hydrogen-bond donors (Lipinski definition) is 0. The van der Waals surface area contributed by atoms with Gasteiger partial charge in [-0.05, 0) is 32.1 Å². The predicted molar refractivity (Wildman–Crippen MR) is 126 cm³/mol. The summed E-state index contributed by atoms with van der Waals surface area (Å²) in [5, 5.41) is 0. The fraction of sp³-hybridized carbons (Fsp3) is 1.00. The van der Waals surface area contributed by atoms with Crippen LogP contribution in [0.25, 0.3) is 0 Å². The Morgan fingerprint density at radius 2 is 0.828 bits per heavy atom. The standard InChI is InChI=1S/C26H54O3/c1-6-11-16-17-18-19-21-25(20-12-7-2)26(27-22-13-8-3,28-23-14-9-4)29-24-15-10-5/h25H,6-24H2,1-5H3. The molecule has 0 saturated carbocycles. The SMILES string of the molecule is CCCCCCCCC(CCCC)C(OCCCC)(OCCCC)OCCCC. The lowest BCUT2D eigenvalue weighted by Crippen LogP contribution is -2.47. The van der Waals surface area contributed by atoms with Crippen LogP contribution in [0.4, 0.5) is 0 Å². The molecule has 0 amide bonds. The maximum Gasteiger partial charge on any atom is 0.285 e. The first kappa shape index (κ1) is 28.9. The van der Waals surface area contributed by atoms with E-state index in [1.165, 1.54) is 51.4 Å². The molecule has 1 atom stereocenters. The average molecular weight is 415 g/mol. The highest BCUT2D eigenvalue weighted by Crippen LogP contribution is 2.35. The van der Waals surface area contributed by atoms with Gasteiger partial charge in [0.1, 0.15) is 0 Å². The molecule has 0 heterocycles. The first-order valence-electron chi connectivity index (χ1n) is 13.1. The second-order valence-electron chi connectivity index (χ2n) is 8.61. The highest BCUT2D eigenvalue weighted by atomic mass is 16.9. The fourth-order valence-corrected chi connectivity index (χ4v) is 3.67. The lowest BCUT2D eigenvalue weighted by molar-refractivity contribution is -0.407. The zero-order valence-corrected chi connectivity index (χ0v) is 20.7. The normalized spacial score (nSPS) is 13.1. The van der Waals surface area contributed by atoms with Crippen LogP contribution in [0, 0.1) is 5.92 Å². The molecule has 0 aliphatic rings. The van der Waals surface area contributed by atoms with E-state index in [1.807, 2.05) is 0 Å². The molecule has 0 radical (unpaired) electrons. The summed E-state index contributed by atoms with van der Waals surface area (Å²) in [6.07, 6.45) is 19.3. The van der Waals surface area contributed by atoms with E-state index < -0.39 is 5.97 Å². The van der Waals surface area contributed by atoms with Crippen molar-refractivity contribution in [3.8, 4) is 0 Å². The Morgan fingerprint density at radius 1 is 0.448 bits per heavy atom. The van der Waals surface area contributed by atoms with Gasteiger partial charge < -0.3 is 14.2 Å². The monoisotopic (exact) mass is 414 g/mol. The molecule has 176 valence electrons. The zero-order valence-electron chi connectivity index (χ0n) is 20.7. The molecule has 0 aromatic rings. The van der Waals surface area contributed by atoms with E-state index in [9.17, 15) is 0 Å². The predicted octanol–water partition coefficient (Wildman–Crippen LogP) is 8.65. The third-order valence-electron chi connectivity index (χ3n) is 5.72. The van der Waals surface area contributed by atoms with Gasteiger partial charge in [-0.15, -0.1) is 0 Å². The van der Waals surface area contributed by atoms with Gasteiger partial charge in [0.05, 0.1) is 19.8 Å². The van der Waals surface area contributed by atoms with Crippen LogP contribution in [0.2, 0.25) is 0 Å². The van der Waals surface area contributed by atoms with Crippen LogP contribution in [0.1, 0.15) is 137 Å². The third kappa shape index (κ3) is 14.5. The Hall–Kier alpha value is -0.120. The highest BCUT2D eigenvalue weighted by Gasteiger charge is 2.42. The first-order valence-corrected chi connectivity index (χ1v) is 13.1. The van der Waals surface area contributed by atoms with Gasteiger partial charge in [-0.2, -0.15) is 0 Å². The van der Waals surface area contributed by atoms with Crippen molar-refractivity contribution in [2.24, 2.45) is 5.92 Å². The summed E-state index contributed by atoms with van der Waals surface area (Å²) in [5.74, 6) is -0.503. The summed E-state index contributed by atoms with van der Waals surface area (Å²) >= 11 is 0. The summed E-state index contributed by atoms with van der Waals surface area (Å²) in [6.45, 7) is 13.4. The molecule has 0 rings (SSSR count). The van der Waals surface area contributed by atoms with Crippen molar-refractivity contribution < 1.29 is 14.2 Å². The molecule has 0 fully saturated rings. The molecule has 0 spiro atoms. The van der Waals surface area contributed by atoms with Gasteiger partial charge in [-0.1, -0.05) is 105 Å². The molecule has 3 nitrogen and oxygen atoms in total. The molecule has 3 heteroatoms.